The van der Waals surface area contributed by atoms with E-state index < -0.39 is 12.1 Å². The summed E-state index contributed by atoms with van der Waals surface area (Å²) in [7, 11) is 0. The minimum Gasteiger partial charge on any atom is -0.475 e. The maximum Gasteiger partial charge on any atom is 0.490 e. The Morgan fingerprint density at radius 2 is 1.50 bits per heavy atom. The molecule has 0 amide bonds. The number of carboxylic acid groups (broad SMARTS) is 1. The molecule has 0 aromatic carbocycles. The van der Waals surface area contributed by atoms with E-state index in [9.17, 15) is 13.2 Å². The van der Waals surface area contributed by atoms with E-state index in [1.54, 1.807) is 0 Å². The van der Waals surface area contributed by atoms with E-state index in [4.69, 9.17) is 20.0 Å². The smallest absolute Gasteiger partial charge is 0.475 e. The molecular weight excluding hydrogens is 159 g/mol. The first kappa shape index (κ1) is 11.5. The number of halogens is 3. The average molecular weight is 161 g/mol. The van der Waals surface area contributed by atoms with Gasteiger partial charge in [-0.3, -0.25) is 0 Å². The minimum absolute atomic E-state index is 1.25. The molecule has 0 atom stereocenters. The normalized spacial score (nSPS) is 9.10. The molecule has 0 aliphatic rings. The summed E-state index contributed by atoms with van der Waals surface area (Å²) in [4.78, 5) is 17.0. The maximum absolute atomic E-state index is 10.6. The monoisotopic (exact) mass is 161 g/mol. The summed E-state index contributed by atoms with van der Waals surface area (Å²) in [6.45, 7) is 0. The van der Waals surface area contributed by atoms with Crippen molar-refractivity contribution in [3.8, 4) is 0 Å². The largest absolute Gasteiger partial charge is 0.490 e. The molecule has 0 aromatic rings. The maximum atomic E-state index is 10.6. The average Bonchev–Trinajstić information content (AvgIpc) is 1.64. The van der Waals surface area contributed by atoms with E-state index >= 15 is 0 Å². The highest BCUT2D eigenvalue weighted by Gasteiger charge is 2.38. The van der Waals surface area contributed by atoms with E-state index in [0.717, 1.165) is 0 Å². The summed E-state index contributed by atoms with van der Waals surface area (Å²) in [6.07, 6.45) is -5.08. The van der Waals surface area contributed by atoms with Gasteiger partial charge in [-0.1, -0.05) is 0 Å². The number of rotatable bonds is 0. The van der Waals surface area contributed by atoms with Gasteiger partial charge in [-0.25, -0.2) is 4.79 Å². The first-order valence-corrected chi connectivity index (χ1v) is 1.63. The molecule has 0 aliphatic carbocycles. The minimum atomic E-state index is -5.08. The number of carbonyl (C=O) groups is 1. The van der Waals surface area contributed by atoms with Crippen LogP contribution in [0.15, 0.2) is 5.34 Å². The van der Waals surface area contributed by atoms with Crippen molar-refractivity contribution in [2.45, 2.75) is 6.18 Å². The molecule has 60 valence electrons. The molecule has 0 fully saturated rings. The zero-order valence-electron chi connectivity index (χ0n) is 4.29. The van der Waals surface area contributed by atoms with Gasteiger partial charge in [-0.05, 0) is 0 Å². The van der Waals surface area contributed by atoms with Gasteiger partial charge in [0.2, 0.25) is 0 Å². The molecule has 0 radical (unpaired) electrons. The van der Waals surface area contributed by atoms with Crippen LogP contribution in [0.2, 0.25) is 0 Å². The molecule has 0 rings (SSSR count). The van der Waals surface area contributed by atoms with Crippen molar-refractivity contribution in [2.75, 3.05) is 0 Å². The van der Waals surface area contributed by atoms with Gasteiger partial charge >= 0.3 is 12.1 Å². The van der Waals surface area contributed by atoms with Gasteiger partial charge < -0.3 is 10.3 Å². The second-order valence-corrected chi connectivity index (χ2v) is 0.885. The zero-order chi connectivity index (χ0) is 8.78. The van der Waals surface area contributed by atoms with Crippen molar-refractivity contribution in [3.05, 3.63) is 4.91 Å². The Morgan fingerprint density at radius 1 is 1.40 bits per heavy atom. The summed E-state index contributed by atoms with van der Waals surface area (Å²) in [5.41, 5.74) is 0. The Balaban J connectivity index is 0. The highest BCUT2D eigenvalue weighted by Crippen LogP contribution is 2.13. The number of hydrogen-bond donors (Lipinski definition) is 2. The van der Waals surface area contributed by atoms with Gasteiger partial charge in [0.15, 0.2) is 5.34 Å². The third kappa shape index (κ3) is 9.83. The summed E-state index contributed by atoms with van der Waals surface area (Å²) in [5, 5.41) is 15.0. The molecule has 2 N–H and O–H groups in total. The number of carboxylic acids is 1. The van der Waals surface area contributed by atoms with Crippen molar-refractivity contribution in [2.24, 2.45) is 5.34 Å². The van der Waals surface area contributed by atoms with Crippen LogP contribution >= 0.6 is 0 Å². The van der Waals surface area contributed by atoms with E-state index in [1.807, 2.05) is 0 Å². The predicted molar refractivity (Wildman–Crippen MR) is 21.3 cm³/mol. The van der Waals surface area contributed by atoms with Gasteiger partial charge in [0.25, 0.3) is 0 Å². The van der Waals surface area contributed by atoms with E-state index in [0.29, 0.717) is 0 Å². The molecule has 0 heterocycles. The van der Waals surface area contributed by atoms with Crippen LogP contribution < -0.4 is 0 Å². The lowest BCUT2D eigenvalue weighted by atomic mass is 10.7. The highest BCUT2D eigenvalue weighted by atomic mass is 19.4. The summed E-state index contributed by atoms with van der Waals surface area (Å²) < 4.78 is 31.7. The molecule has 0 unspecified atom stereocenters. The molecule has 5 nitrogen and oxygen atoms in total. The Labute approximate surface area is 52.0 Å². The van der Waals surface area contributed by atoms with Crippen LogP contribution in [-0.4, -0.2) is 22.5 Å². The van der Waals surface area contributed by atoms with Crippen molar-refractivity contribution >= 4 is 5.97 Å². The van der Waals surface area contributed by atoms with Crippen LogP contribution in [0.1, 0.15) is 0 Å². The van der Waals surface area contributed by atoms with Crippen LogP contribution in [0.3, 0.4) is 0 Å². The van der Waals surface area contributed by atoms with Crippen molar-refractivity contribution in [1.82, 2.24) is 0 Å². The lowest BCUT2D eigenvalue weighted by Crippen LogP contribution is -2.21. The molecular formula is C2H2F3NO4. The molecule has 0 saturated carbocycles. The molecule has 0 saturated heterocycles. The molecule has 0 aromatic heterocycles. The standard InChI is InChI=1S/C2HF3O2.HNO2/c3-2(4,5)1(6)7;2-1-3/h(H,6,7);(H,2,3). The van der Waals surface area contributed by atoms with Crippen molar-refractivity contribution < 1.29 is 28.3 Å². The van der Waals surface area contributed by atoms with E-state index in [1.165, 1.54) is 5.34 Å². The topological polar surface area (TPSA) is 87.0 Å². The molecule has 10 heavy (non-hydrogen) atoms. The number of aliphatic carboxylic acids is 1. The Hall–Kier alpha value is -1.34. The SMILES string of the molecule is O=C(O)C(F)(F)F.O=NO. The van der Waals surface area contributed by atoms with Gasteiger partial charge in [-0.2, -0.15) is 13.2 Å². The van der Waals surface area contributed by atoms with Crippen LogP contribution in [-0.2, 0) is 4.79 Å². The number of hydrogen-bond acceptors (Lipinski definition) is 3. The Kier molecular flexibility index (Phi) is 5.19. The van der Waals surface area contributed by atoms with Crippen molar-refractivity contribution in [1.29, 1.82) is 0 Å². The van der Waals surface area contributed by atoms with E-state index in [-0.39, 0.29) is 0 Å². The fraction of sp³-hybridized carbons (Fsp3) is 0.500. The second-order valence-electron chi connectivity index (χ2n) is 0.885. The summed E-state index contributed by atoms with van der Waals surface area (Å²) in [6, 6.07) is 0. The lowest BCUT2D eigenvalue weighted by molar-refractivity contribution is -0.192. The lowest BCUT2D eigenvalue weighted by Gasteiger charge is -1.93. The van der Waals surface area contributed by atoms with Crippen LogP contribution in [0.5, 0.6) is 0 Å². The molecule has 0 spiro atoms. The Bertz CT molecular complexity index is 120. The predicted octanol–water partition coefficient (Wildman–Crippen LogP) is 0.775. The third-order valence-corrected chi connectivity index (χ3v) is 0.243. The molecule has 0 bridgehead atoms. The van der Waals surface area contributed by atoms with Crippen LogP contribution in [0, 0.1) is 4.91 Å². The van der Waals surface area contributed by atoms with Gasteiger partial charge in [0.1, 0.15) is 0 Å². The molecule has 8 heteroatoms. The first-order chi connectivity index (χ1) is 4.36. The fourth-order valence-electron chi connectivity index (χ4n) is 0. The van der Waals surface area contributed by atoms with Crippen LogP contribution in [0.4, 0.5) is 13.2 Å². The second kappa shape index (κ2) is 4.53. The van der Waals surface area contributed by atoms with Gasteiger partial charge in [-0.15, -0.1) is 4.91 Å². The summed E-state index contributed by atoms with van der Waals surface area (Å²) in [5.74, 6) is -2.76. The van der Waals surface area contributed by atoms with Crippen LogP contribution in [0.25, 0.3) is 0 Å². The highest BCUT2D eigenvalue weighted by molar-refractivity contribution is 5.73. The van der Waals surface area contributed by atoms with E-state index in [2.05, 4.69) is 0 Å². The van der Waals surface area contributed by atoms with Gasteiger partial charge in [0.05, 0.1) is 0 Å². The van der Waals surface area contributed by atoms with Gasteiger partial charge in [0, 0.05) is 0 Å². The summed E-state index contributed by atoms with van der Waals surface area (Å²) >= 11 is 0. The fourth-order valence-corrected chi connectivity index (χ4v) is 0. The zero-order valence-corrected chi connectivity index (χ0v) is 4.29. The Morgan fingerprint density at radius 3 is 1.50 bits per heavy atom. The third-order valence-electron chi connectivity index (χ3n) is 0.243. The first-order valence-electron chi connectivity index (χ1n) is 1.63. The number of nitrogens with zero attached hydrogens (tertiary/aromatic N) is 1. The van der Waals surface area contributed by atoms with Crippen molar-refractivity contribution in [3.63, 3.8) is 0 Å². The quantitative estimate of drug-likeness (QED) is 0.405. The number of alkyl halides is 3. The molecule has 0 aliphatic heterocycles.